The van der Waals surface area contributed by atoms with Gasteiger partial charge in [0, 0.05) is 19.4 Å². The highest BCUT2D eigenvalue weighted by Crippen LogP contribution is 2.35. The lowest BCUT2D eigenvalue weighted by Gasteiger charge is -2.11. The predicted molar refractivity (Wildman–Crippen MR) is 119 cm³/mol. The third-order valence-corrected chi connectivity index (χ3v) is 6.22. The average molecular weight is 510 g/mol. The molecule has 2 N–H and O–H groups in total. The number of aryl methyl sites for hydroxylation is 1. The molecule has 0 spiro atoms. The Labute approximate surface area is 199 Å². The Morgan fingerprint density at radius 3 is 2.65 bits per heavy atom. The van der Waals surface area contributed by atoms with Gasteiger partial charge in [-0.15, -0.1) is 11.3 Å². The van der Waals surface area contributed by atoms with Crippen molar-refractivity contribution in [2.24, 2.45) is 7.05 Å². The predicted octanol–water partition coefficient (Wildman–Crippen LogP) is 4.24. The Morgan fingerprint density at radius 2 is 1.91 bits per heavy atom. The normalized spacial score (nSPS) is 12.5. The summed E-state index contributed by atoms with van der Waals surface area (Å²) < 4.78 is 40.8. The summed E-state index contributed by atoms with van der Waals surface area (Å²) >= 11 is 6.52. The van der Waals surface area contributed by atoms with Gasteiger partial charge in [-0.3, -0.25) is 9.59 Å². The van der Waals surface area contributed by atoms with Gasteiger partial charge < -0.3 is 15.2 Å². The van der Waals surface area contributed by atoms with Crippen LogP contribution < -0.4 is 10.6 Å². The van der Waals surface area contributed by atoms with E-state index < -0.39 is 34.6 Å². The van der Waals surface area contributed by atoms with Gasteiger partial charge in [-0.05, 0) is 19.1 Å². The second-order valence-corrected chi connectivity index (χ2v) is 8.61. The first-order valence-electron chi connectivity index (χ1n) is 9.61. The number of hydrogen-bond acceptors (Lipinski definition) is 7. The van der Waals surface area contributed by atoms with Crippen LogP contribution in [0.2, 0.25) is 5.02 Å². The Hall–Kier alpha value is -3.58. The van der Waals surface area contributed by atoms with E-state index in [-0.39, 0.29) is 16.4 Å². The minimum atomic E-state index is -4.69. The van der Waals surface area contributed by atoms with E-state index in [1.165, 1.54) is 12.5 Å². The fourth-order valence-corrected chi connectivity index (χ4v) is 4.11. The van der Waals surface area contributed by atoms with E-state index in [1.807, 2.05) is 0 Å². The molecule has 0 saturated carbocycles. The Morgan fingerprint density at radius 1 is 1.15 bits per heavy atom. The van der Waals surface area contributed by atoms with Crippen molar-refractivity contribution >= 4 is 51.6 Å². The van der Waals surface area contributed by atoms with E-state index in [2.05, 4.69) is 30.6 Å². The topological polar surface area (TPSA) is 115 Å². The van der Waals surface area contributed by atoms with Crippen LogP contribution >= 0.6 is 22.9 Å². The van der Waals surface area contributed by atoms with E-state index in [0.29, 0.717) is 22.1 Å². The molecule has 34 heavy (non-hydrogen) atoms. The molecule has 2 amide bonds. The number of anilines is 1. The van der Waals surface area contributed by atoms with Crippen molar-refractivity contribution in [3.63, 3.8) is 0 Å². The van der Waals surface area contributed by atoms with Gasteiger partial charge in [0.15, 0.2) is 0 Å². The van der Waals surface area contributed by atoms with Crippen LogP contribution in [0.3, 0.4) is 0 Å². The quantitative estimate of drug-likeness (QED) is 0.416. The molecule has 0 aliphatic heterocycles. The molecule has 1 atom stereocenters. The zero-order valence-corrected chi connectivity index (χ0v) is 19.1. The fraction of sp³-hybridized carbons (Fsp3) is 0.200. The van der Waals surface area contributed by atoms with E-state index in [1.54, 1.807) is 30.8 Å². The first-order chi connectivity index (χ1) is 16.0. The molecule has 176 valence electrons. The van der Waals surface area contributed by atoms with Crippen molar-refractivity contribution in [1.29, 1.82) is 0 Å². The standard InChI is InChI=1S/C20H15ClF3N7O2S/c1-9(29-18(33)15-10-3-4-31(2)16(10)28-8-27-15)19-26-7-13(34-19)17(32)30-14-5-11(20(22,23)24)12(21)6-25-14/h3-9H,1-2H3,(H,29,33)(H,25,30,32)/t9-/m1/s1. The highest BCUT2D eigenvalue weighted by atomic mass is 35.5. The van der Waals surface area contributed by atoms with Gasteiger partial charge in [0.2, 0.25) is 0 Å². The maximum atomic E-state index is 13.0. The zero-order chi connectivity index (χ0) is 24.6. The third-order valence-electron chi connectivity index (χ3n) is 4.74. The van der Waals surface area contributed by atoms with E-state index >= 15 is 0 Å². The summed E-state index contributed by atoms with van der Waals surface area (Å²) in [5, 5.41) is 5.49. The van der Waals surface area contributed by atoms with Crippen molar-refractivity contribution in [3.8, 4) is 0 Å². The number of nitrogens with one attached hydrogen (secondary N) is 2. The molecule has 0 saturated heterocycles. The largest absolute Gasteiger partial charge is 0.418 e. The van der Waals surface area contributed by atoms with Gasteiger partial charge in [-0.2, -0.15) is 13.2 Å². The molecule has 4 heterocycles. The maximum Gasteiger partial charge on any atom is 0.418 e. The summed E-state index contributed by atoms with van der Waals surface area (Å²) in [6, 6.07) is 1.81. The van der Waals surface area contributed by atoms with Gasteiger partial charge in [-0.25, -0.2) is 19.9 Å². The monoisotopic (exact) mass is 509 g/mol. The van der Waals surface area contributed by atoms with Crippen molar-refractivity contribution in [1.82, 2.24) is 29.8 Å². The minimum Gasteiger partial charge on any atom is -0.342 e. The molecule has 0 aliphatic rings. The second-order valence-electron chi connectivity index (χ2n) is 7.15. The summed E-state index contributed by atoms with van der Waals surface area (Å²) in [6.45, 7) is 1.68. The van der Waals surface area contributed by atoms with Crippen molar-refractivity contribution in [2.45, 2.75) is 19.1 Å². The number of hydrogen-bond donors (Lipinski definition) is 2. The molecule has 0 unspecified atom stereocenters. The molecule has 14 heteroatoms. The van der Waals surface area contributed by atoms with Gasteiger partial charge in [0.1, 0.15) is 33.4 Å². The van der Waals surface area contributed by atoms with Gasteiger partial charge in [0.05, 0.1) is 28.2 Å². The second kappa shape index (κ2) is 8.99. The number of thiazole rings is 1. The first-order valence-corrected chi connectivity index (χ1v) is 10.8. The van der Waals surface area contributed by atoms with E-state index in [9.17, 15) is 22.8 Å². The highest BCUT2D eigenvalue weighted by Gasteiger charge is 2.34. The third kappa shape index (κ3) is 4.70. The van der Waals surface area contributed by atoms with Crippen LogP contribution in [-0.2, 0) is 13.2 Å². The molecule has 0 radical (unpaired) electrons. The SMILES string of the molecule is C[C@@H](NC(=O)c1ncnc2c1ccn2C)c1ncc(C(=O)Nc2cc(C(F)(F)F)c(Cl)cn2)s1. The Bertz CT molecular complexity index is 1400. The number of aromatic nitrogens is 5. The van der Waals surface area contributed by atoms with Crippen molar-refractivity contribution in [3.05, 3.63) is 63.2 Å². The van der Waals surface area contributed by atoms with Gasteiger partial charge in [0.25, 0.3) is 11.8 Å². The van der Waals surface area contributed by atoms with Crippen LogP contribution in [-0.4, -0.2) is 36.3 Å². The lowest BCUT2D eigenvalue weighted by atomic mass is 10.2. The van der Waals surface area contributed by atoms with Gasteiger partial charge >= 0.3 is 6.18 Å². The lowest BCUT2D eigenvalue weighted by Crippen LogP contribution is -2.27. The molecule has 0 aromatic carbocycles. The molecular formula is C20H15ClF3N7O2S. The summed E-state index contributed by atoms with van der Waals surface area (Å²) in [5.41, 5.74) is -0.315. The van der Waals surface area contributed by atoms with Crippen LogP contribution in [0.15, 0.2) is 37.1 Å². The van der Waals surface area contributed by atoms with Crippen LogP contribution in [0.1, 0.15) is 43.7 Å². The number of rotatable bonds is 5. The number of amides is 2. The van der Waals surface area contributed by atoms with Crippen LogP contribution in [0, 0.1) is 0 Å². The highest BCUT2D eigenvalue weighted by molar-refractivity contribution is 7.13. The number of halogens is 4. The van der Waals surface area contributed by atoms with Gasteiger partial charge in [-0.1, -0.05) is 11.6 Å². The summed E-state index contributed by atoms with van der Waals surface area (Å²) in [4.78, 5) is 41.4. The molecule has 0 aliphatic carbocycles. The smallest absolute Gasteiger partial charge is 0.342 e. The fourth-order valence-electron chi connectivity index (χ4n) is 3.08. The molecule has 9 nitrogen and oxygen atoms in total. The van der Waals surface area contributed by atoms with Crippen molar-refractivity contribution in [2.75, 3.05) is 5.32 Å². The number of carbonyl (C=O) groups excluding carboxylic acids is 2. The molecule has 4 aromatic rings. The Kier molecular flexibility index (Phi) is 6.23. The van der Waals surface area contributed by atoms with Crippen LogP contribution in [0.25, 0.3) is 11.0 Å². The number of carbonyl (C=O) groups is 2. The summed E-state index contributed by atoms with van der Waals surface area (Å²) in [6.07, 6.45) is 0.437. The molecule has 0 bridgehead atoms. The number of fused-ring (bicyclic) bond motifs is 1. The minimum absolute atomic E-state index is 0.119. The molecular weight excluding hydrogens is 495 g/mol. The zero-order valence-electron chi connectivity index (χ0n) is 17.5. The van der Waals surface area contributed by atoms with Crippen LogP contribution in [0.5, 0.6) is 0 Å². The maximum absolute atomic E-state index is 13.0. The Balaban J connectivity index is 1.46. The summed E-state index contributed by atoms with van der Waals surface area (Å²) in [7, 11) is 1.80. The molecule has 4 aromatic heterocycles. The van der Waals surface area contributed by atoms with Crippen LogP contribution in [0.4, 0.5) is 19.0 Å². The van der Waals surface area contributed by atoms with E-state index in [0.717, 1.165) is 17.5 Å². The first kappa shape index (κ1) is 23.6. The summed E-state index contributed by atoms with van der Waals surface area (Å²) in [5.74, 6) is -1.46. The molecule has 0 fully saturated rings. The number of alkyl halides is 3. The molecule has 4 rings (SSSR count). The average Bonchev–Trinajstić information content (AvgIpc) is 3.42. The number of pyridine rings is 1. The lowest BCUT2D eigenvalue weighted by molar-refractivity contribution is -0.137. The van der Waals surface area contributed by atoms with Crippen molar-refractivity contribution < 1.29 is 22.8 Å². The number of nitrogens with zero attached hydrogens (tertiary/aromatic N) is 5. The van der Waals surface area contributed by atoms with E-state index in [4.69, 9.17) is 11.6 Å².